The molecule has 2 rings (SSSR count). The van der Waals surface area contributed by atoms with E-state index < -0.39 is 29.6 Å². The fraction of sp³-hybridized carbons (Fsp3) is 0.348. The largest absolute Gasteiger partial charge is 0.495 e. The zero-order valence-electron chi connectivity index (χ0n) is 18.7. The molecule has 172 valence electrons. The fourth-order valence-electron chi connectivity index (χ4n) is 2.82. The van der Waals surface area contributed by atoms with E-state index in [0.717, 1.165) is 10.0 Å². The summed E-state index contributed by atoms with van der Waals surface area (Å²) in [6, 6.07) is 11.3. The number of carbonyl (C=O) groups excluding carboxylic acids is 3. The van der Waals surface area contributed by atoms with Crippen molar-refractivity contribution in [2.45, 2.75) is 38.8 Å². The number of hydrogen-bond donors (Lipinski definition) is 2. The molecule has 9 heteroatoms. The molecule has 1 atom stereocenters. The number of hydrogen-bond acceptors (Lipinski definition) is 6. The van der Waals surface area contributed by atoms with Gasteiger partial charge in [-0.15, -0.1) is 0 Å². The van der Waals surface area contributed by atoms with Crippen molar-refractivity contribution in [1.29, 1.82) is 0 Å². The Labute approximate surface area is 195 Å². The van der Waals surface area contributed by atoms with Gasteiger partial charge in [-0.05, 0) is 56.7 Å². The third kappa shape index (κ3) is 7.56. The minimum absolute atomic E-state index is 0.0336. The number of amides is 2. The van der Waals surface area contributed by atoms with E-state index in [1.54, 1.807) is 32.9 Å². The molecule has 0 bridgehead atoms. The lowest BCUT2D eigenvalue weighted by molar-refractivity contribution is -0.141. The van der Waals surface area contributed by atoms with Gasteiger partial charge < -0.3 is 19.5 Å². The average molecular weight is 507 g/mol. The summed E-state index contributed by atoms with van der Waals surface area (Å²) in [6.07, 6.45) is -0.672. The lowest BCUT2D eigenvalue weighted by atomic mass is 10.0. The van der Waals surface area contributed by atoms with Crippen LogP contribution in [-0.2, 0) is 14.3 Å². The number of anilines is 1. The van der Waals surface area contributed by atoms with E-state index >= 15 is 0 Å². The van der Waals surface area contributed by atoms with Gasteiger partial charge in [-0.3, -0.25) is 14.9 Å². The summed E-state index contributed by atoms with van der Waals surface area (Å²) in [4.78, 5) is 36.9. The maximum Gasteiger partial charge on any atom is 0.412 e. The number of methoxy groups -OCH3 is 2. The molecule has 0 aliphatic carbocycles. The summed E-state index contributed by atoms with van der Waals surface area (Å²) in [7, 11) is 2.72. The highest BCUT2D eigenvalue weighted by molar-refractivity contribution is 9.10. The molecule has 0 saturated carbocycles. The molecule has 8 nitrogen and oxygen atoms in total. The van der Waals surface area contributed by atoms with Crippen LogP contribution in [0.25, 0.3) is 0 Å². The highest BCUT2D eigenvalue weighted by Gasteiger charge is 2.22. The van der Waals surface area contributed by atoms with Crippen molar-refractivity contribution in [3.05, 3.63) is 58.1 Å². The monoisotopic (exact) mass is 506 g/mol. The predicted octanol–water partition coefficient (Wildman–Crippen LogP) is 4.84. The molecular weight excluding hydrogens is 480 g/mol. The van der Waals surface area contributed by atoms with Crippen molar-refractivity contribution in [1.82, 2.24) is 5.32 Å². The fourth-order valence-corrected chi connectivity index (χ4v) is 3.23. The number of benzene rings is 2. The number of halogens is 1. The van der Waals surface area contributed by atoms with Crippen molar-refractivity contribution < 1.29 is 28.6 Å². The molecule has 0 spiro atoms. The normalized spacial score (nSPS) is 11.8. The number of ether oxygens (including phenoxy) is 3. The summed E-state index contributed by atoms with van der Waals surface area (Å²) in [5.74, 6) is -0.582. The van der Waals surface area contributed by atoms with Crippen LogP contribution in [0.5, 0.6) is 5.75 Å². The smallest absolute Gasteiger partial charge is 0.412 e. The van der Waals surface area contributed by atoms with Gasteiger partial charge >= 0.3 is 12.1 Å². The Morgan fingerprint density at radius 3 is 2.38 bits per heavy atom. The third-order valence-corrected chi connectivity index (χ3v) is 4.75. The zero-order valence-corrected chi connectivity index (χ0v) is 20.2. The minimum atomic E-state index is -0.655. The van der Waals surface area contributed by atoms with Crippen LogP contribution in [0.2, 0.25) is 0 Å². The standard InChI is InChI=1S/C23H27BrN2O6/c1-23(2,3)32-22(29)26-17-10-9-15(12-19(17)30-4)21(28)25-18(13-20(27)31-5)14-7-6-8-16(24)11-14/h6-12,18H,13H2,1-5H3,(H,25,28)(H,26,29)/t18-/m1/s1. The minimum Gasteiger partial charge on any atom is -0.495 e. The van der Waals surface area contributed by atoms with E-state index in [1.165, 1.54) is 20.3 Å². The zero-order chi connectivity index (χ0) is 23.9. The Morgan fingerprint density at radius 1 is 1.06 bits per heavy atom. The Bertz CT molecular complexity index is 987. The van der Waals surface area contributed by atoms with E-state index in [-0.39, 0.29) is 12.2 Å². The highest BCUT2D eigenvalue weighted by Crippen LogP contribution is 2.27. The molecule has 0 aromatic heterocycles. The second-order valence-electron chi connectivity index (χ2n) is 7.90. The van der Waals surface area contributed by atoms with Gasteiger partial charge in [0.15, 0.2) is 0 Å². The summed E-state index contributed by atoms with van der Waals surface area (Å²) in [5.41, 5.74) is 0.740. The molecule has 0 aliphatic rings. The van der Waals surface area contributed by atoms with Crippen LogP contribution >= 0.6 is 15.9 Å². The van der Waals surface area contributed by atoms with Crippen molar-refractivity contribution in [3.63, 3.8) is 0 Å². The van der Waals surface area contributed by atoms with E-state index in [1.807, 2.05) is 24.3 Å². The maximum atomic E-state index is 12.9. The van der Waals surface area contributed by atoms with Crippen LogP contribution in [0.4, 0.5) is 10.5 Å². The van der Waals surface area contributed by atoms with Crippen LogP contribution in [-0.4, -0.2) is 37.8 Å². The van der Waals surface area contributed by atoms with Crippen molar-refractivity contribution >= 4 is 39.6 Å². The topological polar surface area (TPSA) is 103 Å². The molecule has 0 fully saturated rings. The Kier molecular flexibility index (Phi) is 8.65. The number of nitrogens with one attached hydrogen (secondary N) is 2. The van der Waals surface area contributed by atoms with Crippen molar-refractivity contribution in [2.75, 3.05) is 19.5 Å². The Morgan fingerprint density at radius 2 is 1.78 bits per heavy atom. The lowest BCUT2D eigenvalue weighted by Crippen LogP contribution is -2.30. The number of rotatable bonds is 7. The van der Waals surface area contributed by atoms with Crippen molar-refractivity contribution in [3.8, 4) is 5.75 Å². The van der Waals surface area contributed by atoms with Gasteiger partial charge in [-0.2, -0.15) is 0 Å². The highest BCUT2D eigenvalue weighted by atomic mass is 79.9. The summed E-state index contributed by atoms with van der Waals surface area (Å²) in [6.45, 7) is 5.27. The first-order chi connectivity index (χ1) is 15.0. The molecule has 0 saturated heterocycles. The van der Waals surface area contributed by atoms with E-state index in [9.17, 15) is 14.4 Å². The molecule has 2 aromatic rings. The van der Waals surface area contributed by atoms with Gasteiger partial charge in [0.1, 0.15) is 11.4 Å². The second kappa shape index (κ2) is 11.0. The van der Waals surface area contributed by atoms with Crippen LogP contribution in [0.15, 0.2) is 46.9 Å². The van der Waals surface area contributed by atoms with Crippen molar-refractivity contribution in [2.24, 2.45) is 0 Å². The molecule has 2 amide bonds. The van der Waals surface area contributed by atoms with Crippen LogP contribution in [0.1, 0.15) is 49.2 Å². The summed E-state index contributed by atoms with van der Waals surface area (Å²) in [5, 5.41) is 5.46. The van der Waals surface area contributed by atoms with E-state index in [0.29, 0.717) is 11.3 Å². The SMILES string of the molecule is COC(=O)C[C@@H](NC(=O)c1ccc(NC(=O)OC(C)(C)C)c(OC)c1)c1cccc(Br)c1. The van der Waals surface area contributed by atoms with Crippen LogP contribution < -0.4 is 15.4 Å². The molecular formula is C23H27BrN2O6. The molecule has 32 heavy (non-hydrogen) atoms. The van der Waals surface area contributed by atoms with Gasteiger partial charge in [0.05, 0.1) is 32.4 Å². The first kappa shape index (κ1) is 25.2. The number of esters is 1. The van der Waals surface area contributed by atoms with Crippen LogP contribution in [0.3, 0.4) is 0 Å². The molecule has 0 heterocycles. The first-order valence-corrected chi connectivity index (χ1v) is 10.6. The summed E-state index contributed by atoms with van der Waals surface area (Å²) >= 11 is 3.40. The molecule has 2 aromatic carbocycles. The second-order valence-corrected chi connectivity index (χ2v) is 8.82. The third-order valence-electron chi connectivity index (χ3n) is 4.25. The number of carbonyl (C=O) groups is 3. The van der Waals surface area contributed by atoms with E-state index in [2.05, 4.69) is 26.6 Å². The molecule has 0 radical (unpaired) electrons. The van der Waals surface area contributed by atoms with Gasteiger partial charge in [-0.1, -0.05) is 28.1 Å². The lowest BCUT2D eigenvalue weighted by Gasteiger charge is -2.21. The molecule has 2 N–H and O–H groups in total. The van der Waals surface area contributed by atoms with Gasteiger partial charge in [-0.25, -0.2) is 4.79 Å². The first-order valence-electron chi connectivity index (χ1n) is 9.83. The Balaban J connectivity index is 2.22. The average Bonchev–Trinajstić information content (AvgIpc) is 2.71. The maximum absolute atomic E-state index is 12.9. The predicted molar refractivity (Wildman–Crippen MR) is 124 cm³/mol. The van der Waals surface area contributed by atoms with E-state index in [4.69, 9.17) is 14.2 Å². The van der Waals surface area contributed by atoms with Gasteiger partial charge in [0.25, 0.3) is 5.91 Å². The quantitative estimate of drug-likeness (QED) is 0.520. The molecule has 0 aliphatic heterocycles. The van der Waals surface area contributed by atoms with Crippen LogP contribution in [0, 0.1) is 0 Å². The molecule has 0 unspecified atom stereocenters. The van der Waals surface area contributed by atoms with Gasteiger partial charge in [0.2, 0.25) is 0 Å². The Hall–Kier alpha value is -3.07. The van der Waals surface area contributed by atoms with Gasteiger partial charge in [0, 0.05) is 10.0 Å². The summed E-state index contributed by atoms with van der Waals surface area (Å²) < 4.78 is 16.2.